The first-order chi connectivity index (χ1) is 8.56. The molecule has 1 amide bonds. The van der Waals surface area contributed by atoms with Crippen LogP contribution in [0.1, 0.15) is 19.3 Å². The summed E-state index contributed by atoms with van der Waals surface area (Å²) in [7, 11) is 0. The Kier molecular flexibility index (Phi) is 3.96. The fourth-order valence-corrected chi connectivity index (χ4v) is 2.49. The predicted octanol–water partition coefficient (Wildman–Crippen LogP) is 2.28. The van der Waals surface area contributed by atoms with Gasteiger partial charge in [0.05, 0.1) is 5.92 Å². The van der Waals surface area contributed by atoms with Crippen molar-refractivity contribution in [1.29, 1.82) is 0 Å². The highest BCUT2D eigenvalue weighted by atomic mass is 79.9. The van der Waals surface area contributed by atoms with Crippen LogP contribution in [0, 0.1) is 11.8 Å². The number of pyridine rings is 1. The van der Waals surface area contributed by atoms with Crippen molar-refractivity contribution >= 4 is 33.6 Å². The van der Waals surface area contributed by atoms with E-state index in [4.69, 9.17) is 5.11 Å². The highest BCUT2D eigenvalue weighted by molar-refractivity contribution is 9.10. The Balaban J connectivity index is 1.95. The summed E-state index contributed by atoms with van der Waals surface area (Å²) in [6, 6.07) is 5.25. The minimum atomic E-state index is -0.814. The number of aromatic nitrogens is 1. The second-order valence-electron chi connectivity index (χ2n) is 4.38. The molecule has 1 aromatic rings. The van der Waals surface area contributed by atoms with Crippen LogP contribution in [0.25, 0.3) is 0 Å². The molecule has 2 unspecified atom stereocenters. The quantitative estimate of drug-likeness (QED) is 0.839. The summed E-state index contributed by atoms with van der Waals surface area (Å²) < 4.78 is 0.648. The van der Waals surface area contributed by atoms with E-state index in [1.807, 2.05) is 0 Å². The van der Waals surface area contributed by atoms with Gasteiger partial charge in [0, 0.05) is 5.92 Å². The Labute approximate surface area is 113 Å². The van der Waals surface area contributed by atoms with Crippen LogP contribution in [0.5, 0.6) is 0 Å². The molecule has 0 radical (unpaired) electrons. The van der Waals surface area contributed by atoms with Crippen LogP contribution in [0.4, 0.5) is 5.82 Å². The molecule has 0 aliphatic heterocycles. The second kappa shape index (κ2) is 5.48. The lowest BCUT2D eigenvalue weighted by molar-refractivity contribution is -0.141. The third-order valence-electron chi connectivity index (χ3n) is 3.12. The number of aliphatic carboxylic acids is 1. The lowest BCUT2D eigenvalue weighted by Gasteiger charge is -2.10. The molecular formula is C12H13BrN2O3. The molecule has 2 atom stereocenters. The van der Waals surface area contributed by atoms with Crippen molar-refractivity contribution in [3.8, 4) is 0 Å². The van der Waals surface area contributed by atoms with E-state index >= 15 is 0 Å². The lowest BCUT2D eigenvalue weighted by atomic mass is 10.0. The number of rotatable bonds is 3. The van der Waals surface area contributed by atoms with Gasteiger partial charge in [0.1, 0.15) is 10.4 Å². The number of carboxylic acid groups (broad SMARTS) is 1. The number of nitrogens with zero attached hydrogens (tertiary/aromatic N) is 1. The van der Waals surface area contributed by atoms with Gasteiger partial charge < -0.3 is 10.4 Å². The molecule has 0 spiro atoms. The fourth-order valence-electron chi connectivity index (χ4n) is 2.15. The average molecular weight is 313 g/mol. The number of carbonyl (C=O) groups is 2. The van der Waals surface area contributed by atoms with E-state index in [2.05, 4.69) is 26.2 Å². The SMILES string of the molecule is O=C(O)C1CCC(C(=O)Nc2cccc(Br)n2)C1. The van der Waals surface area contributed by atoms with Crippen LogP contribution >= 0.6 is 15.9 Å². The number of hydrogen-bond donors (Lipinski definition) is 2. The van der Waals surface area contributed by atoms with Crippen molar-refractivity contribution in [2.45, 2.75) is 19.3 Å². The van der Waals surface area contributed by atoms with E-state index in [9.17, 15) is 9.59 Å². The Morgan fingerprint density at radius 3 is 2.67 bits per heavy atom. The Bertz CT molecular complexity index is 478. The number of carboxylic acids is 1. The monoisotopic (exact) mass is 312 g/mol. The van der Waals surface area contributed by atoms with Gasteiger partial charge in [-0.15, -0.1) is 0 Å². The number of hydrogen-bond acceptors (Lipinski definition) is 3. The second-order valence-corrected chi connectivity index (χ2v) is 5.19. The minimum Gasteiger partial charge on any atom is -0.481 e. The standard InChI is InChI=1S/C12H13BrN2O3/c13-9-2-1-3-10(14-9)15-11(16)7-4-5-8(6-7)12(17)18/h1-3,7-8H,4-6H2,(H,17,18)(H,14,15,16). The van der Waals surface area contributed by atoms with E-state index in [1.54, 1.807) is 18.2 Å². The van der Waals surface area contributed by atoms with Crippen molar-refractivity contribution in [2.24, 2.45) is 11.8 Å². The normalized spacial score (nSPS) is 22.7. The van der Waals surface area contributed by atoms with Crippen molar-refractivity contribution in [3.05, 3.63) is 22.8 Å². The fraction of sp³-hybridized carbons (Fsp3) is 0.417. The van der Waals surface area contributed by atoms with Crippen molar-refractivity contribution < 1.29 is 14.7 Å². The molecule has 1 saturated carbocycles. The zero-order valence-corrected chi connectivity index (χ0v) is 11.2. The first kappa shape index (κ1) is 13.0. The van der Waals surface area contributed by atoms with Crippen LogP contribution in [0.3, 0.4) is 0 Å². The van der Waals surface area contributed by atoms with E-state index < -0.39 is 11.9 Å². The maximum atomic E-state index is 11.9. The highest BCUT2D eigenvalue weighted by Gasteiger charge is 2.33. The molecule has 1 heterocycles. The summed E-state index contributed by atoms with van der Waals surface area (Å²) in [6.07, 6.45) is 1.60. The van der Waals surface area contributed by atoms with Gasteiger partial charge in [-0.2, -0.15) is 0 Å². The Morgan fingerprint density at radius 1 is 1.33 bits per heavy atom. The van der Waals surface area contributed by atoms with Crippen LogP contribution in [-0.2, 0) is 9.59 Å². The van der Waals surface area contributed by atoms with Crippen LogP contribution < -0.4 is 5.32 Å². The molecule has 0 bridgehead atoms. The number of anilines is 1. The van der Waals surface area contributed by atoms with Gasteiger partial charge in [-0.05, 0) is 47.3 Å². The van der Waals surface area contributed by atoms with Crippen LogP contribution in [-0.4, -0.2) is 22.0 Å². The van der Waals surface area contributed by atoms with E-state index in [0.29, 0.717) is 29.7 Å². The van der Waals surface area contributed by atoms with E-state index in [0.717, 1.165) is 0 Å². The molecule has 1 aliphatic rings. The molecule has 1 aliphatic carbocycles. The average Bonchev–Trinajstić information content (AvgIpc) is 2.78. The van der Waals surface area contributed by atoms with E-state index in [-0.39, 0.29) is 11.8 Å². The maximum absolute atomic E-state index is 11.9. The summed E-state index contributed by atoms with van der Waals surface area (Å²) in [6.45, 7) is 0. The zero-order valence-electron chi connectivity index (χ0n) is 9.60. The first-order valence-corrected chi connectivity index (χ1v) is 6.52. The van der Waals surface area contributed by atoms with Gasteiger partial charge >= 0.3 is 5.97 Å². The number of amides is 1. The predicted molar refractivity (Wildman–Crippen MR) is 69.0 cm³/mol. The number of halogens is 1. The van der Waals surface area contributed by atoms with Gasteiger partial charge in [-0.1, -0.05) is 6.07 Å². The molecule has 2 rings (SSSR count). The zero-order chi connectivity index (χ0) is 13.1. The first-order valence-electron chi connectivity index (χ1n) is 5.72. The van der Waals surface area contributed by atoms with E-state index in [1.165, 1.54) is 0 Å². The van der Waals surface area contributed by atoms with Gasteiger partial charge in [0.25, 0.3) is 0 Å². The molecule has 5 nitrogen and oxygen atoms in total. The summed E-state index contributed by atoms with van der Waals surface area (Å²) >= 11 is 3.22. The van der Waals surface area contributed by atoms with Gasteiger partial charge in [-0.25, -0.2) is 4.98 Å². The Morgan fingerprint density at radius 2 is 2.06 bits per heavy atom. The smallest absolute Gasteiger partial charge is 0.306 e. The number of carbonyl (C=O) groups excluding carboxylic acids is 1. The van der Waals surface area contributed by atoms with Crippen molar-refractivity contribution in [2.75, 3.05) is 5.32 Å². The Hall–Kier alpha value is -1.43. The van der Waals surface area contributed by atoms with Gasteiger partial charge in [0.2, 0.25) is 5.91 Å². The van der Waals surface area contributed by atoms with Gasteiger partial charge in [-0.3, -0.25) is 9.59 Å². The highest BCUT2D eigenvalue weighted by Crippen LogP contribution is 2.31. The third kappa shape index (κ3) is 3.07. The van der Waals surface area contributed by atoms with Gasteiger partial charge in [0.15, 0.2) is 0 Å². The molecule has 2 N–H and O–H groups in total. The minimum absolute atomic E-state index is 0.149. The molecule has 6 heteroatoms. The van der Waals surface area contributed by atoms with Crippen molar-refractivity contribution in [1.82, 2.24) is 4.98 Å². The topological polar surface area (TPSA) is 79.3 Å². The molecule has 1 aromatic heterocycles. The molecule has 96 valence electrons. The molecule has 18 heavy (non-hydrogen) atoms. The molecular weight excluding hydrogens is 300 g/mol. The molecule has 0 aromatic carbocycles. The lowest BCUT2D eigenvalue weighted by Crippen LogP contribution is -2.22. The number of nitrogens with one attached hydrogen (secondary N) is 1. The third-order valence-corrected chi connectivity index (χ3v) is 3.56. The summed E-state index contributed by atoms with van der Waals surface area (Å²) in [5, 5.41) is 11.6. The van der Waals surface area contributed by atoms with Crippen molar-refractivity contribution in [3.63, 3.8) is 0 Å². The van der Waals surface area contributed by atoms with Crippen LogP contribution in [0.15, 0.2) is 22.8 Å². The largest absolute Gasteiger partial charge is 0.481 e. The summed E-state index contributed by atoms with van der Waals surface area (Å²) in [4.78, 5) is 26.9. The summed E-state index contributed by atoms with van der Waals surface area (Å²) in [5.41, 5.74) is 0. The molecule has 0 saturated heterocycles. The van der Waals surface area contributed by atoms with Crippen LogP contribution in [0.2, 0.25) is 0 Å². The molecule has 1 fully saturated rings. The maximum Gasteiger partial charge on any atom is 0.306 e. The summed E-state index contributed by atoms with van der Waals surface area (Å²) in [5.74, 6) is -1.11.